The lowest BCUT2D eigenvalue weighted by atomic mass is 10.3. The Morgan fingerprint density at radius 3 is 2.50 bits per heavy atom. The highest BCUT2D eigenvalue weighted by Gasteiger charge is 2.18. The summed E-state index contributed by atoms with van der Waals surface area (Å²) in [5, 5.41) is 10.9. The quantitative estimate of drug-likeness (QED) is 0.596. The molecule has 0 aromatic rings. The number of carbonyl (C=O) groups excluding carboxylic acids is 1. The fourth-order valence-corrected chi connectivity index (χ4v) is 0.638. The van der Waals surface area contributed by atoms with E-state index in [1.807, 2.05) is 0 Å². The normalized spacial score (nSPS) is 12.2. The molecule has 2 N–H and O–H groups in total. The molecule has 5 nitrogen and oxygen atoms in total. The van der Waals surface area contributed by atoms with Gasteiger partial charge in [0.15, 0.2) is 6.04 Å². The molecule has 0 bridgehead atoms. The molecule has 5 heteroatoms. The monoisotopic (exact) mass is 175 g/mol. The molecule has 0 aliphatic rings. The van der Waals surface area contributed by atoms with Crippen LogP contribution in [0, 0.1) is 0 Å². The number of carbonyl (C=O) groups is 2. The average Bonchev–Trinajstić information content (AvgIpc) is 2.03. The molecular formula is C7H13NO4. The number of nitrogens with one attached hydrogen (secondary N) is 1. The van der Waals surface area contributed by atoms with E-state index < -0.39 is 12.0 Å². The van der Waals surface area contributed by atoms with Crippen molar-refractivity contribution in [2.75, 3.05) is 13.7 Å². The van der Waals surface area contributed by atoms with Crippen LogP contribution < -0.4 is 5.32 Å². The Morgan fingerprint density at radius 2 is 2.17 bits per heavy atom. The maximum Gasteiger partial charge on any atom is 0.328 e. The van der Waals surface area contributed by atoms with Crippen LogP contribution in [-0.4, -0.2) is 36.7 Å². The van der Waals surface area contributed by atoms with Crippen molar-refractivity contribution >= 4 is 11.9 Å². The molecule has 0 aromatic heterocycles. The van der Waals surface area contributed by atoms with Crippen LogP contribution in [-0.2, 0) is 14.3 Å². The van der Waals surface area contributed by atoms with Gasteiger partial charge in [0.05, 0.1) is 6.61 Å². The molecule has 1 unspecified atom stereocenters. The van der Waals surface area contributed by atoms with Crippen molar-refractivity contribution in [3.8, 4) is 0 Å². The highest BCUT2D eigenvalue weighted by Crippen LogP contribution is 1.87. The average molecular weight is 175 g/mol. The third-order valence-corrected chi connectivity index (χ3v) is 1.29. The van der Waals surface area contributed by atoms with Crippen LogP contribution in [0.5, 0.6) is 0 Å². The Morgan fingerprint density at radius 1 is 1.58 bits per heavy atom. The Kier molecular flexibility index (Phi) is 5.03. The molecule has 0 heterocycles. The van der Waals surface area contributed by atoms with Gasteiger partial charge in [-0.15, -0.1) is 0 Å². The van der Waals surface area contributed by atoms with Gasteiger partial charge in [-0.05, 0) is 0 Å². The van der Waals surface area contributed by atoms with E-state index in [9.17, 15) is 9.59 Å². The number of rotatable bonds is 5. The fraction of sp³-hybridized carbons (Fsp3) is 0.714. The lowest BCUT2D eigenvalue weighted by Crippen LogP contribution is -2.43. The summed E-state index contributed by atoms with van der Waals surface area (Å²) in [5.41, 5.74) is 0. The van der Waals surface area contributed by atoms with Crippen molar-refractivity contribution in [2.45, 2.75) is 19.4 Å². The maximum absolute atomic E-state index is 10.8. The van der Waals surface area contributed by atoms with Gasteiger partial charge >= 0.3 is 5.97 Å². The standard InChI is InChI=1S/C7H13NO4/c1-3-6(9)8-5(4-12-2)7(10)11/h5H,3-4H2,1-2H3,(H,8,9)(H,10,11). The second kappa shape index (κ2) is 5.54. The summed E-state index contributed by atoms with van der Waals surface area (Å²) in [6.07, 6.45) is 0.271. The first-order chi connectivity index (χ1) is 5.61. The Balaban J connectivity index is 3.95. The molecule has 0 aliphatic carbocycles. The predicted octanol–water partition coefficient (Wildman–Crippen LogP) is -0.388. The van der Waals surface area contributed by atoms with Crippen molar-refractivity contribution in [1.29, 1.82) is 0 Å². The molecule has 0 fully saturated rings. The van der Waals surface area contributed by atoms with Crippen molar-refractivity contribution in [1.82, 2.24) is 5.32 Å². The van der Waals surface area contributed by atoms with Gasteiger partial charge in [-0.3, -0.25) is 4.79 Å². The lowest BCUT2D eigenvalue weighted by molar-refractivity contribution is -0.143. The van der Waals surface area contributed by atoms with Gasteiger partial charge in [0.2, 0.25) is 5.91 Å². The Labute approximate surface area is 70.7 Å². The van der Waals surface area contributed by atoms with E-state index >= 15 is 0 Å². The molecule has 0 saturated heterocycles. The van der Waals surface area contributed by atoms with E-state index in [2.05, 4.69) is 10.1 Å². The summed E-state index contributed by atoms with van der Waals surface area (Å²) in [4.78, 5) is 21.2. The number of ether oxygens (including phenoxy) is 1. The fourth-order valence-electron chi connectivity index (χ4n) is 0.638. The number of methoxy groups -OCH3 is 1. The summed E-state index contributed by atoms with van der Waals surface area (Å²) in [7, 11) is 1.38. The number of hydrogen-bond donors (Lipinski definition) is 2. The van der Waals surface area contributed by atoms with E-state index in [0.717, 1.165) is 0 Å². The molecule has 0 aromatic carbocycles. The van der Waals surface area contributed by atoms with Crippen molar-refractivity contribution in [3.63, 3.8) is 0 Å². The molecule has 0 saturated carbocycles. The molecule has 0 spiro atoms. The van der Waals surface area contributed by atoms with Crippen LogP contribution in [0.1, 0.15) is 13.3 Å². The van der Waals surface area contributed by atoms with Gasteiger partial charge in [0.25, 0.3) is 0 Å². The largest absolute Gasteiger partial charge is 0.480 e. The summed E-state index contributed by atoms with van der Waals surface area (Å²) in [5.74, 6) is -1.38. The van der Waals surface area contributed by atoms with Crippen LogP contribution in [0.2, 0.25) is 0 Å². The van der Waals surface area contributed by atoms with Crippen LogP contribution in [0.15, 0.2) is 0 Å². The first-order valence-corrected chi connectivity index (χ1v) is 3.63. The number of amides is 1. The summed E-state index contributed by atoms with van der Waals surface area (Å²) < 4.78 is 4.62. The molecule has 1 atom stereocenters. The smallest absolute Gasteiger partial charge is 0.328 e. The van der Waals surface area contributed by atoms with E-state index in [4.69, 9.17) is 5.11 Å². The molecule has 0 aliphatic heterocycles. The molecule has 70 valence electrons. The zero-order valence-corrected chi connectivity index (χ0v) is 7.16. The highest BCUT2D eigenvalue weighted by atomic mass is 16.5. The molecule has 1 amide bonds. The van der Waals surface area contributed by atoms with Gasteiger partial charge in [-0.1, -0.05) is 6.92 Å². The van der Waals surface area contributed by atoms with Gasteiger partial charge in [-0.25, -0.2) is 4.79 Å². The lowest BCUT2D eigenvalue weighted by Gasteiger charge is -2.12. The molecule has 0 radical (unpaired) electrons. The summed E-state index contributed by atoms with van der Waals surface area (Å²) in [6.45, 7) is 1.64. The number of aliphatic carboxylic acids is 1. The predicted molar refractivity (Wildman–Crippen MR) is 41.7 cm³/mol. The topological polar surface area (TPSA) is 75.6 Å². The number of carboxylic acids is 1. The SMILES string of the molecule is CCC(=O)NC(COC)C(=O)O. The summed E-state index contributed by atoms with van der Waals surface area (Å²) >= 11 is 0. The minimum atomic E-state index is -1.08. The van der Waals surface area contributed by atoms with E-state index in [0.29, 0.717) is 0 Å². The molecule has 12 heavy (non-hydrogen) atoms. The van der Waals surface area contributed by atoms with Crippen LogP contribution in [0.4, 0.5) is 0 Å². The Bertz CT molecular complexity index is 167. The van der Waals surface area contributed by atoms with Crippen molar-refractivity contribution in [2.24, 2.45) is 0 Å². The van der Waals surface area contributed by atoms with Crippen LogP contribution in [0.25, 0.3) is 0 Å². The first-order valence-electron chi connectivity index (χ1n) is 3.63. The van der Waals surface area contributed by atoms with E-state index in [-0.39, 0.29) is 18.9 Å². The van der Waals surface area contributed by atoms with Gasteiger partial charge in [0, 0.05) is 13.5 Å². The van der Waals surface area contributed by atoms with E-state index in [1.165, 1.54) is 7.11 Å². The zero-order chi connectivity index (χ0) is 9.56. The van der Waals surface area contributed by atoms with Crippen LogP contribution >= 0.6 is 0 Å². The second-order valence-electron chi connectivity index (χ2n) is 2.27. The second-order valence-corrected chi connectivity index (χ2v) is 2.27. The minimum absolute atomic E-state index is 0.0128. The summed E-state index contributed by atoms with van der Waals surface area (Å²) in [6, 6.07) is -0.942. The van der Waals surface area contributed by atoms with Gasteiger partial charge in [0.1, 0.15) is 0 Å². The van der Waals surface area contributed by atoms with E-state index in [1.54, 1.807) is 6.92 Å². The minimum Gasteiger partial charge on any atom is -0.480 e. The number of hydrogen-bond acceptors (Lipinski definition) is 3. The molecular weight excluding hydrogens is 162 g/mol. The highest BCUT2D eigenvalue weighted by molar-refractivity contribution is 5.83. The maximum atomic E-state index is 10.8. The number of carboxylic acid groups (broad SMARTS) is 1. The van der Waals surface area contributed by atoms with Crippen LogP contribution in [0.3, 0.4) is 0 Å². The molecule has 0 rings (SSSR count). The van der Waals surface area contributed by atoms with Gasteiger partial charge in [-0.2, -0.15) is 0 Å². The van der Waals surface area contributed by atoms with Crippen molar-refractivity contribution < 1.29 is 19.4 Å². The zero-order valence-electron chi connectivity index (χ0n) is 7.16. The third kappa shape index (κ3) is 3.92. The third-order valence-electron chi connectivity index (χ3n) is 1.29. The van der Waals surface area contributed by atoms with Crippen molar-refractivity contribution in [3.05, 3.63) is 0 Å². The van der Waals surface area contributed by atoms with Gasteiger partial charge < -0.3 is 15.2 Å². The Hall–Kier alpha value is -1.10. The first kappa shape index (κ1) is 10.9.